The average molecular weight is 382 g/mol. The van der Waals surface area contributed by atoms with Gasteiger partial charge in [0.25, 0.3) is 0 Å². The molecule has 0 saturated carbocycles. The Hall–Kier alpha value is -2.21. The van der Waals surface area contributed by atoms with E-state index in [2.05, 4.69) is 34.6 Å². The number of rotatable bonds is 1. The predicted octanol–water partition coefficient (Wildman–Crippen LogP) is 2.88. The molecule has 28 heavy (non-hydrogen) atoms. The fraction of sp³-hybridized carbons (Fsp3) is 0.591. The number of carbonyl (C=O) groups excluding carboxylic acids is 1. The molecule has 150 valence electrons. The molecule has 3 atom stereocenters. The number of nitrogens with two attached hydrogens (primary N) is 1. The Morgan fingerprint density at radius 1 is 1.07 bits per heavy atom. The Morgan fingerprint density at radius 2 is 1.82 bits per heavy atom. The molecule has 0 spiro atoms. The van der Waals surface area contributed by atoms with Crippen LogP contribution < -0.4 is 16.4 Å². The number of primary amides is 1. The van der Waals surface area contributed by atoms with Gasteiger partial charge in [-0.1, -0.05) is 6.92 Å². The van der Waals surface area contributed by atoms with Crippen molar-refractivity contribution < 1.29 is 4.79 Å². The van der Waals surface area contributed by atoms with E-state index in [9.17, 15) is 4.79 Å². The summed E-state index contributed by atoms with van der Waals surface area (Å²) in [5.74, 6) is -0.245. The molecule has 2 saturated heterocycles. The zero-order chi connectivity index (χ0) is 19.5. The molecular weight excluding hydrogens is 350 g/mol. The van der Waals surface area contributed by atoms with E-state index in [1.165, 1.54) is 47.8 Å². The van der Waals surface area contributed by atoms with E-state index in [0.717, 1.165) is 32.1 Å². The number of aliphatic imine (C=N–C) groups is 2. The van der Waals surface area contributed by atoms with Gasteiger partial charge in [-0.3, -0.25) is 14.8 Å². The van der Waals surface area contributed by atoms with E-state index in [4.69, 9.17) is 9.98 Å². The molecule has 5 heterocycles. The molecular formula is C22H31N5O. The van der Waals surface area contributed by atoms with Gasteiger partial charge in [0.1, 0.15) is 0 Å². The summed E-state index contributed by atoms with van der Waals surface area (Å²) in [6, 6.07) is 1.51. The standard InChI is InChI=1S/C19H24N4.C3H7NO/c1-3-14-10-16-5-7-18(22-16)19-8-6-17(23-19)11-15-4-2-13(21-15)9-12(1)20-14;1-2-3(4)5/h9-11,16,18-19,21-22H,1-8H2;2H2,1H3,(H2,4,5). The zero-order valence-electron chi connectivity index (χ0n) is 16.7. The molecule has 6 heteroatoms. The first kappa shape index (κ1) is 19.1. The lowest BCUT2D eigenvalue weighted by Gasteiger charge is -2.17. The Morgan fingerprint density at radius 3 is 2.57 bits per heavy atom. The van der Waals surface area contributed by atoms with Crippen LogP contribution in [0.2, 0.25) is 0 Å². The predicted molar refractivity (Wildman–Crippen MR) is 113 cm³/mol. The smallest absolute Gasteiger partial charge is 0.217 e. The van der Waals surface area contributed by atoms with Gasteiger partial charge in [0, 0.05) is 47.0 Å². The topological polar surface area (TPSA) is 91.9 Å². The highest BCUT2D eigenvalue weighted by molar-refractivity contribution is 5.98. The number of allylic oxidation sites excluding steroid dienone is 5. The van der Waals surface area contributed by atoms with Crippen LogP contribution in [0.4, 0.5) is 0 Å². The molecule has 0 radical (unpaired) electrons. The monoisotopic (exact) mass is 381 g/mol. The third kappa shape index (κ3) is 4.61. The molecule has 3 unspecified atom stereocenters. The highest BCUT2D eigenvalue weighted by Crippen LogP contribution is 2.29. The van der Waals surface area contributed by atoms with Gasteiger partial charge in [-0.15, -0.1) is 0 Å². The van der Waals surface area contributed by atoms with E-state index in [1.807, 2.05) is 0 Å². The number of hydrogen-bond donors (Lipinski definition) is 3. The number of carbonyl (C=O) groups is 1. The largest absolute Gasteiger partial charge is 0.370 e. The molecule has 0 aromatic heterocycles. The van der Waals surface area contributed by atoms with Gasteiger partial charge in [-0.2, -0.15) is 0 Å². The van der Waals surface area contributed by atoms with Crippen LogP contribution in [0.3, 0.4) is 0 Å². The lowest BCUT2D eigenvalue weighted by Crippen LogP contribution is -2.36. The van der Waals surface area contributed by atoms with Crippen LogP contribution in [0.5, 0.6) is 0 Å². The number of hydrogen-bond acceptors (Lipinski definition) is 5. The molecule has 5 rings (SSSR count). The molecule has 0 aliphatic carbocycles. The maximum absolute atomic E-state index is 9.59. The maximum atomic E-state index is 9.59. The quantitative estimate of drug-likeness (QED) is 0.652. The molecule has 6 nitrogen and oxygen atoms in total. The van der Waals surface area contributed by atoms with Gasteiger partial charge >= 0.3 is 0 Å². The Kier molecular flexibility index (Phi) is 5.76. The van der Waals surface area contributed by atoms with Crippen molar-refractivity contribution >= 4 is 17.3 Å². The van der Waals surface area contributed by atoms with E-state index in [0.29, 0.717) is 24.5 Å². The number of nitrogens with one attached hydrogen (secondary N) is 2. The van der Waals surface area contributed by atoms with Crippen molar-refractivity contribution in [2.75, 3.05) is 0 Å². The fourth-order valence-corrected chi connectivity index (χ4v) is 4.50. The summed E-state index contributed by atoms with van der Waals surface area (Å²) in [5.41, 5.74) is 11.1. The number of fused-ring (bicyclic) bond motifs is 7. The zero-order valence-corrected chi connectivity index (χ0v) is 16.7. The fourth-order valence-electron chi connectivity index (χ4n) is 4.50. The molecule has 8 bridgehead atoms. The molecule has 5 aliphatic heterocycles. The third-order valence-corrected chi connectivity index (χ3v) is 6.04. The Bertz CT molecular complexity index is 789. The van der Waals surface area contributed by atoms with Gasteiger partial charge in [-0.25, -0.2) is 0 Å². The van der Waals surface area contributed by atoms with Gasteiger partial charge in [-0.05, 0) is 69.6 Å². The second-order valence-corrected chi connectivity index (χ2v) is 8.23. The average Bonchev–Trinajstić information content (AvgIpc) is 3.45. The summed E-state index contributed by atoms with van der Waals surface area (Å²) in [7, 11) is 0. The van der Waals surface area contributed by atoms with Crippen molar-refractivity contribution in [2.24, 2.45) is 15.7 Å². The molecule has 1 amide bonds. The number of amides is 1. The van der Waals surface area contributed by atoms with Crippen LogP contribution >= 0.6 is 0 Å². The summed E-state index contributed by atoms with van der Waals surface area (Å²) in [6.07, 6.45) is 16.6. The minimum Gasteiger partial charge on any atom is -0.370 e. The third-order valence-electron chi connectivity index (χ3n) is 6.04. The van der Waals surface area contributed by atoms with Crippen molar-refractivity contribution in [1.82, 2.24) is 10.6 Å². The van der Waals surface area contributed by atoms with E-state index >= 15 is 0 Å². The minimum atomic E-state index is -0.245. The number of nitrogens with zero attached hydrogens (tertiary/aromatic N) is 2. The van der Waals surface area contributed by atoms with Gasteiger partial charge in [0.2, 0.25) is 5.91 Å². The summed E-state index contributed by atoms with van der Waals surface area (Å²) in [6.45, 7) is 1.72. The second-order valence-electron chi connectivity index (χ2n) is 8.23. The minimum absolute atomic E-state index is 0.245. The Labute approximate surface area is 167 Å². The van der Waals surface area contributed by atoms with Crippen molar-refractivity contribution in [2.45, 2.75) is 82.8 Å². The maximum Gasteiger partial charge on any atom is 0.217 e. The van der Waals surface area contributed by atoms with Crippen LogP contribution in [-0.4, -0.2) is 35.5 Å². The lowest BCUT2D eigenvalue weighted by molar-refractivity contribution is -0.117. The Balaban J connectivity index is 0.000000346. The van der Waals surface area contributed by atoms with Crippen molar-refractivity contribution in [3.63, 3.8) is 0 Å². The highest BCUT2D eigenvalue weighted by atomic mass is 16.1. The second kappa shape index (κ2) is 8.43. The van der Waals surface area contributed by atoms with Crippen molar-refractivity contribution in [3.8, 4) is 0 Å². The summed E-state index contributed by atoms with van der Waals surface area (Å²) < 4.78 is 0. The van der Waals surface area contributed by atoms with Crippen LogP contribution in [0.15, 0.2) is 45.3 Å². The summed E-state index contributed by atoms with van der Waals surface area (Å²) >= 11 is 0. The molecule has 5 aliphatic rings. The summed E-state index contributed by atoms with van der Waals surface area (Å²) in [5, 5.41) is 7.39. The van der Waals surface area contributed by atoms with Gasteiger partial charge in [0.05, 0.1) is 6.04 Å². The highest BCUT2D eigenvalue weighted by Gasteiger charge is 2.32. The van der Waals surface area contributed by atoms with Crippen molar-refractivity contribution in [1.29, 1.82) is 0 Å². The lowest BCUT2D eigenvalue weighted by atomic mass is 10.0. The normalized spacial score (nSPS) is 30.5. The molecule has 2 fully saturated rings. The van der Waals surface area contributed by atoms with Crippen molar-refractivity contribution in [3.05, 3.63) is 35.3 Å². The van der Waals surface area contributed by atoms with Crippen LogP contribution in [0.25, 0.3) is 0 Å². The van der Waals surface area contributed by atoms with Crippen LogP contribution in [-0.2, 0) is 4.79 Å². The summed E-state index contributed by atoms with van der Waals surface area (Å²) in [4.78, 5) is 19.5. The first-order valence-electron chi connectivity index (χ1n) is 10.7. The van der Waals surface area contributed by atoms with E-state index in [1.54, 1.807) is 6.92 Å². The first-order valence-corrected chi connectivity index (χ1v) is 10.7. The molecule has 4 N–H and O–H groups in total. The molecule has 0 aromatic rings. The van der Waals surface area contributed by atoms with Crippen LogP contribution in [0, 0.1) is 0 Å². The van der Waals surface area contributed by atoms with E-state index in [-0.39, 0.29) is 5.91 Å². The van der Waals surface area contributed by atoms with Gasteiger partial charge < -0.3 is 16.4 Å². The first-order chi connectivity index (χ1) is 13.6. The van der Waals surface area contributed by atoms with Crippen LogP contribution in [0.1, 0.15) is 64.7 Å². The SMILES string of the molecule is C1=C2CCC(=N2)C=C2CCC(=CC3=NC(CC3)C3CCC1N3)N2.CCC(N)=O. The van der Waals surface area contributed by atoms with E-state index < -0.39 is 0 Å². The van der Waals surface area contributed by atoms with Gasteiger partial charge in [0.15, 0.2) is 0 Å². The molecule has 0 aromatic carbocycles.